The van der Waals surface area contributed by atoms with Gasteiger partial charge in [-0.3, -0.25) is 19.8 Å². The Balaban J connectivity index is 1.53. The highest BCUT2D eigenvalue weighted by atomic mass is 19.1. The number of hydrogen-bond donors (Lipinski definition) is 2. The van der Waals surface area contributed by atoms with Gasteiger partial charge in [0.1, 0.15) is 17.2 Å². The van der Waals surface area contributed by atoms with Gasteiger partial charge < -0.3 is 20.3 Å². The minimum atomic E-state index is -0.934. The lowest BCUT2D eigenvalue weighted by molar-refractivity contribution is -0.119. The number of carbonyl (C=O) groups is 3. The van der Waals surface area contributed by atoms with Crippen molar-refractivity contribution in [3.05, 3.63) is 48.3 Å². The summed E-state index contributed by atoms with van der Waals surface area (Å²) in [6.07, 6.45) is 3.68. The van der Waals surface area contributed by atoms with E-state index < -0.39 is 34.7 Å². The molecule has 3 aliphatic rings. The van der Waals surface area contributed by atoms with Gasteiger partial charge in [-0.1, -0.05) is 0 Å². The number of hydrogen-bond acceptors (Lipinski definition) is 6. The van der Waals surface area contributed by atoms with Crippen LogP contribution in [-0.4, -0.2) is 49.3 Å². The molecule has 9 nitrogen and oxygen atoms in total. The normalized spacial score (nSPS) is 21.9. The first-order valence-electron chi connectivity index (χ1n) is 12.3. The van der Waals surface area contributed by atoms with Crippen molar-refractivity contribution in [2.75, 3.05) is 30.0 Å². The fourth-order valence-corrected chi connectivity index (χ4v) is 5.27. The maximum atomic E-state index is 14.8. The SMILES string of the molecule is COc1ccc(N=C2C(=O)N(c3ccc(N4CCCCC4=O)cc3)CC3(CC3)C2C(=N)C(N)=O)c(F)c1. The number of aliphatic imine (C=N–C) groups is 1. The highest BCUT2D eigenvalue weighted by Gasteiger charge is 2.60. The Morgan fingerprint density at radius 1 is 1.11 bits per heavy atom. The molecular formula is C27H28FN5O4. The van der Waals surface area contributed by atoms with Crippen LogP contribution in [0.3, 0.4) is 0 Å². The third-order valence-corrected chi connectivity index (χ3v) is 7.46. The summed E-state index contributed by atoms with van der Waals surface area (Å²) < 4.78 is 19.8. The number of amides is 3. The van der Waals surface area contributed by atoms with Gasteiger partial charge in [0.25, 0.3) is 11.8 Å². The standard InChI is InChI=1S/C27H28FN5O4/c1-37-18-9-10-20(19(28)14-18)31-24-22(23(29)25(30)35)27(11-12-27)15-33(26(24)36)17-7-5-16(6-8-17)32-13-3-2-4-21(32)34/h5-10,14,22,29H,2-4,11-13,15H2,1H3,(H2,30,35). The summed E-state index contributed by atoms with van der Waals surface area (Å²) in [5, 5.41) is 8.39. The fraction of sp³-hybridized carbons (Fsp3) is 0.370. The Morgan fingerprint density at radius 3 is 2.35 bits per heavy atom. The van der Waals surface area contributed by atoms with Crippen LogP contribution in [0.1, 0.15) is 32.1 Å². The zero-order valence-electron chi connectivity index (χ0n) is 20.5. The van der Waals surface area contributed by atoms with Crippen LogP contribution in [0.5, 0.6) is 5.75 Å². The van der Waals surface area contributed by atoms with Crippen LogP contribution in [0.15, 0.2) is 47.5 Å². The molecule has 2 saturated heterocycles. The minimum absolute atomic E-state index is 0.0775. The molecule has 5 rings (SSSR count). The lowest BCUT2D eigenvalue weighted by Gasteiger charge is -2.39. The number of piperidine rings is 2. The average Bonchev–Trinajstić information content (AvgIpc) is 3.67. The molecule has 2 aromatic rings. The summed E-state index contributed by atoms with van der Waals surface area (Å²) in [5.74, 6) is -2.71. The maximum absolute atomic E-state index is 14.8. The zero-order chi connectivity index (χ0) is 26.3. The minimum Gasteiger partial charge on any atom is -0.497 e. The quantitative estimate of drug-likeness (QED) is 0.583. The van der Waals surface area contributed by atoms with Crippen LogP contribution in [0.2, 0.25) is 0 Å². The largest absolute Gasteiger partial charge is 0.497 e. The molecule has 1 saturated carbocycles. The summed E-state index contributed by atoms with van der Waals surface area (Å²) in [5.41, 5.74) is 5.65. The number of nitrogens with zero attached hydrogens (tertiary/aromatic N) is 3. The third-order valence-electron chi connectivity index (χ3n) is 7.46. The molecule has 2 aliphatic heterocycles. The van der Waals surface area contributed by atoms with E-state index in [-0.39, 0.29) is 23.9 Å². The molecule has 1 unspecified atom stereocenters. The molecule has 0 bridgehead atoms. The predicted octanol–water partition coefficient (Wildman–Crippen LogP) is 3.37. The molecule has 2 aromatic carbocycles. The monoisotopic (exact) mass is 505 g/mol. The Hall–Kier alpha value is -4.08. The van der Waals surface area contributed by atoms with E-state index in [4.69, 9.17) is 15.9 Å². The van der Waals surface area contributed by atoms with Gasteiger partial charge in [-0.15, -0.1) is 0 Å². The van der Waals surface area contributed by atoms with Gasteiger partial charge in [-0.05, 0) is 62.1 Å². The van der Waals surface area contributed by atoms with Gasteiger partial charge in [0.05, 0.1) is 18.7 Å². The number of nitrogens with one attached hydrogen (secondary N) is 1. The second-order valence-corrected chi connectivity index (χ2v) is 9.80. The van der Waals surface area contributed by atoms with Crippen molar-refractivity contribution in [3.63, 3.8) is 0 Å². The zero-order valence-corrected chi connectivity index (χ0v) is 20.5. The van der Waals surface area contributed by atoms with E-state index in [1.54, 1.807) is 21.9 Å². The molecule has 0 radical (unpaired) electrons. The number of halogens is 1. The topological polar surface area (TPSA) is 129 Å². The Morgan fingerprint density at radius 2 is 1.78 bits per heavy atom. The summed E-state index contributed by atoms with van der Waals surface area (Å²) in [6.45, 7) is 0.934. The average molecular weight is 506 g/mol. The second kappa shape index (κ2) is 9.42. The first-order valence-corrected chi connectivity index (χ1v) is 12.3. The van der Waals surface area contributed by atoms with E-state index in [0.29, 0.717) is 37.2 Å². The molecule has 1 aliphatic carbocycles. The second-order valence-electron chi connectivity index (χ2n) is 9.80. The first-order chi connectivity index (χ1) is 17.7. The molecule has 37 heavy (non-hydrogen) atoms. The predicted molar refractivity (Wildman–Crippen MR) is 137 cm³/mol. The first kappa shape index (κ1) is 24.6. The van der Waals surface area contributed by atoms with E-state index in [1.165, 1.54) is 19.2 Å². The van der Waals surface area contributed by atoms with Crippen LogP contribution >= 0.6 is 0 Å². The van der Waals surface area contributed by atoms with Crippen molar-refractivity contribution >= 4 is 46.2 Å². The van der Waals surface area contributed by atoms with Gasteiger partial charge in [-0.25, -0.2) is 9.38 Å². The van der Waals surface area contributed by atoms with Crippen molar-refractivity contribution in [3.8, 4) is 5.75 Å². The summed E-state index contributed by atoms with van der Waals surface area (Å²) in [7, 11) is 1.41. The highest BCUT2D eigenvalue weighted by molar-refractivity contribution is 6.54. The number of rotatable bonds is 6. The third kappa shape index (κ3) is 4.47. The summed E-state index contributed by atoms with van der Waals surface area (Å²) in [4.78, 5) is 45.8. The van der Waals surface area contributed by atoms with Crippen LogP contribution < -0.4 is 20.3 Å². The maximum Gasteiger partial charge on any atom is 0.273 e. The highest BCUT2D eigenvalue weighted by Crippen LogP contribution is 2.56. The smallest absolute Gasteiger partial charge is 0.273 e. The number of carbonyl (C=O) groups excluding carboxylic acids is 3. The molecule has 1 atom stereocenters. The Labute approximate surface area is 213 Å². The molecule has 10 heteroatoms. The number of nitrogens with two attached hydrogens (primary N) is 1. The van der Waals surface area contributed by atoms with Gasteiger partial charge in [0.2, 0.25) is 5.91 Å². The van der Waals surface area contributed by atoms with E-state index in [0.717, 1.165) is 24.6 Å². The van der Waals surface area contributed by atoms with Crippen molar-refractivity contribution in [2.24, 2.45) is 22.1 Å². The van der Waals surface area contributed by atoms with Crippen LogP contribution in [0, 0.1) is 22.6 Å². The Bertz CT molecular complexity index is 1320. The summed E-state index contributed by atoms with van der Waals surface area (Å²) >= 11 is 0. The molecular weight excluding hydrogens is 477 g/mol. The van der Waals surface area contributed by atoms with Crippen LogP contribution in [0.4, 0.5) is 21.5 Å². The lowest BCUT2D eigenvalue weighted by Crippen LogP contribution is -2.56. The number of ether oxygens (including phenoxy) is 1. The molecule has 2 heterocycles. The van der Waals surface area contributed by atoms with Crippen molar-refractivity contribution in [2.45, 2.75) is 32.1 Å². The molecule has 192 valence electrons. The van der Waals surface area contributed by atoms with E-state index in [2.05, 4.69) is 4.99 Å². The van der Waals surface area contributed by atoms with Gasteiger partial charge >= 0.3 is 0 Å². The van der Waals surface area contributed by atoms with Crippen molar-refractivity contribution in [1.29, 1.82) is 5.41 Å². The molecule has 3 N–H and O–H groups in total. The lowest BCUT2D eigenvalue weighted by atomic mass is 9.76. The number of benzene rings is 2. The number of methoxy groups -OCH3 is 1. The van der Waals surface area contributed by atoms with Crippen LogP contribution in [-0.2, 0) is 14.4 Å². The molecule has 3 fully saturated rings. The van der Waals surface area contributed by atoms with Crippen molar-refractivity contribution < 1.29 is 23.5 Å². The van der Waals surface area contributed by atoms with Crippen LogP contribution in [0.25, 0.3) is 0 Å². The summed E-state index contributed by atoms with van der Waals surface area (Å²) in [6, 6.07) is 11.2. The van der Waals surface area contributed by atoms with Gasteiger partial charge in [-0.2, -0.15) is 0 Å². The van der Waals surface area contributed by atoms with Gasteiger partial charge in [0, 0.05) is 42.4 Å². The van der Waals surface area contributed by atoms with E-state index >= 15 is 0 Å². The number of anilines is 2. The molecule has 0 aromatic heterocycles. The fourth-order valence-electron chi connectivity index (χ4n) is 5.27. The van der Waals surface area contributed by atoms with Gasteiger partial charge in [0.15, 0.2) is 5.82 Å². The Kier molecular flexibility index (Phi) is 6.26. The molecule has 1 spiro atoms. The van der Waals surface area contributed by atoms with E-state index in [1.807, 2.05) is 12.1 Å². The number of primary amides is 1. The molecule has 3 amide bonds. The van der Waals surface area contributed by atoms with Crippen molar-refractivity contribution in [1.82, 2.24) is 0 Å². The van der Waals surface area contributed by atoms with E-state index in [9.17, 15) is 18.8 Å².